The molecule has 1 aromatic heterocycles. The molecule has 2 atom stereocenters. The average Bonchev–Trinajstić information content (AvgIpc) is 2.77. The average molecular weight is 249 g/mol. The largest absolute Gasteiger partial charge is 0.356 e. The summed E-state index contributed by atoms with van der Waals surface area (Å²) >= 11 is 0. The summed E-state index contributed by atoms with van der Waals surface area (Å²) < 4.78 is 2.20. The third-order valence-corrected chi connectivity index (χ3v) is 4.11. The van der Waals surface area contributed by atoms with Gasteiger partial charge in [-0.1, -0.05) is 26.2 Å². The minimum Gasteiger partial charge on any atom is -0.356 e. The minimum atomic E-state index is 0.477. The maximum absolute atomic E-state index is 4.39. The van der Waals surface area contributed by atoms with Crippen LogP contribution in [0.25, 0.3) is 0 Å². The van der Waals surface area contributed by atoms with Gasteiger partial charge in [-0.25, -0.2) is 4.98 Å². The maximum atomic E-state index is 4.39. The van der Waals surface area contributed by atoms with Crippen LogP contribution in [0.4, 0.5) is 5.95 Å². The fraction of sp³-hybridized carbons (Fsp3) is 0.800. The van der Waals surface area contributed by atoms with Crippen molar-refractivity contribution in [1.82, 2.24) is 9.55 Å². The summed E-state index contributed by atoms with van der Waals surface area (Å²) in [5.41, 5.74) is 0. The number of imidazole rings is 1. The highest BCUT2D eigenvalue weighted by atomic mass is 15.2. The van der Waals surface area contributed by atoms with Crippen molar-refractivity contribution in [2.45, 2.75) is 58.9 Å². The van der Waals surface area contributed by atoms with Crippen LogP contribution in [0.2, 0.25) is 0 Å². The van der Waals surface area contributed by atoms with Gasteiger partial charge in [-0.05, 0) is 38.5 Å². The van der Waals surface area contributed by atoms with Gasteiger partial charge in [0.15, 0.2) is 0 Å². The Balaban J connectivity index is 1.76. The minimum absolute atomic E-state index is 0.477. The summed E-state index contributed by atoms with van der Waals surface area (Å²) in [7, 11) is 0. The lowest BCUT2D eigenvalue weighted by atomic mass is 9.81. The van der Waals surface area contributed by atoms with E-state index in [1.807, 2.05) is 6.20 Å². The molecule has 2 rings (SSSR count). The molecule has 0 aromatic carbocycles. The van der Waals surface area contributed by atoms with Gasteiger partial charge in [0.1, 0.15) is 0 Å². The van der Waals surface area contributed by atoms with Crippen molar-refractivity contribution >= 4 is 5.95 Å². The van der Waals surface area contributed by atoms with Gasteiger partial charge >= 0.3 is 0 Å². The predicted octanol–water partition coefficient (Wildman–Crippen LogP) is 4.09. The number of rotatable bonds is 5. The molecule has 1 N–H and O–H groups in total. The Hall–Kier alpha value is -0.990. The van der Waals surface area contributed by atoms with Crippen molar-refractivity contribution in [2.24, 2.45) is 11.8 Å². The Labute approximate surface area is 111 Å². The summed E-state index contributed by atoms with van der Waals surface area (Å²) in [6.07, 6.45) is 10.9. The van der Waals surface area contributed by atoms with E-state index < -0.39 is 0 Å². The summed E-state index contributed by atoms with van der Waals surface area (Å²) in [5.74, 6) is 2.87. The van der Waals surface area contributed by atoms with E-state index >= 15 is 0 Å². The highest BCUT2D eigenvalue weighted by Crippen LogP contribution is 2.30. The number of nitrogens with zero attached hydrogens (tertiary/aromatic N) is 2. The van der Waals surface area contributed by atoms with Gasteiger partial charge in [0.25, 0.3) is 0 Å². The van der Waals surface area contributed by atoms with E-state index in [-0.39, 0.29) is 0 Å². The maximum Gasteiger partial charge on any atom is 0.203 e. The van der Waals surface area contributed by atoms with Crippen LogP contribution in [-0.4, -0.2) is 16.1 Å². The van der Waals surface area contributed by atoms with Crippen LogP contribution >= 0.6 is 0 Å². The molecular weight excluding hydrogens is 222 g/mol. The summed E-state index contributed by atoms with van der Waals surface area (Å²) in [5, 5.41) is 3.49. The van der Waals surface area contributed by atoms with Crippen molar-refractivity contribution in [1.29, 1.82) is 0 Å². The van der Waals surface area contributed by atoms with Crippen LogP contribution in [0.3, 0.4) is 0 Å². The zero-order chi connectivity index (χ0) is 13.0. The molecule has 0 aliphatic heterocycles. The molecule has 102 valence electrons. The monoisotopic (exact) mass is 249 g/mol. The van der Waals surface area contributed by atoms with Crippen molar-refractivity contribution in [3.63, 3.8) is 0 Å². The van der Waals surface area contributed by atoms with Crippen LogP contribution in [-0.2, 0) is 0 Å². The molecule has 3 nitrogen and oxygen atoms in total. The van der Waals surface area contributed by atoms with Crippen molar-refractivity contribution in [3.05, 3.63) is 12.4 Å². The first kappa shape index (κ1) is 13.4. The number of aromatic nitrogens is 2. The summed E-state index contributed by atoms with van der Waals surface area (Å²) in [6, 6.07) is 0.477. The number of nitrogens with one attached hydrogen (secondary N) is 1. The van der Waals surface area contributed by atoms with E-state index in [2.05, 4.69) is 41.8 Å². The first-order valence-electron chi connectivity index (χ1n) is 7.43. The molecule has 18 heavy (non-hydrogen) atoms. The van der Waals surface area contributed by atoms with Crippen LogP contribution in [0.5, 0.6) is 0 Å². The summed E-state index contributed by atoms with van der Waals surface area (Å²) in [6.45, 7) is 7.83. The van der Waals surface area contributed by atoms with Crippen molar-refractivity contribution < 1.29 is 0 Å². The van der Waals surface area contributed by atoms with E-state index in [0.717, 1.165) is 24.3 Å². The van der Waals surface area contributed by atoms with E-state index in [4.69, 9.17) is 0 Å². The smallest absolute Gasteiger partial charge is 0.203 e. The number of hydrogen-bond donors (Lipinski definition) is 1. The number of hydrogen-bond acceptors (Lipinski definition) is 2. The Morgan fingerprint density at radius 3 is 3.00 bits per heavy atom. The molecule has 0 saturated heterocycles. The Morgan fingerprint density at radius 1 is 1.44 bits per heavy atom. The fourth-order valence-corrected chi connectivity index (χ4v) is 3.08. The zero-order valence-corrected chi connectivity index (χ0v) is 12.0. The molecule has 0 spiro atoms. The normalized spacial score (nSPS) is 24.4. The Kier molecular flexibility index (Phi) is 4.67. The molecular formula is C15H27N3. The highest BCUT2D eigenvalue weighted by molar-refractivity contribution is 5.26. The van der Waals surface area contributed by atoms with Gasteiger partial charge in [-0.3, -0.25) is 0 Å². The third kappa shape index (κ3) is 3.50. The first-order chi connectivity index (χ1) is 8.66. The Bertz CT molecular complexity index is 356. The topological polar surface area (TPSA) is 29.9 Å². The molecule has 0 radical (unpaired) electrons. The standard InChI is InChI=1S/C15H27N3/c1-12(2)18-10-9-17-15(18)16-8-7-14-6-4-5-13(3)11-14/h9-10,12-14H,4-8,11H2,1-3H3,(H,16,17). The van der Waals surface area contributed by atoms with Crippen LogP contribution in [0.15, 0.2) is 12.4 Å². The van der Waals surface area contributed by atoms with Gasteiger partial charge in [0.05, 0.1) is 0 Å². The van der Waals surface area contributed by atoms with E-state index in [1.54, 1.807) is 0 Å². The second kappa shape index (κ2) is 6.26. The Morgan fingerprint density at radius 2 is 2.28 bits per heavy atom. The van der Waals surface area contributed by atoms with E-state index in [9.17, 15) is 0 Å². The summed E-state index contributed by atoms with van der Waals surface area (Å²) in [4.78, 5) is 4.39. The molecule has 1 saturated carbocycles. The van der Waals surface area contributed by atoms with E-state index in [1.165, 1.54) is 32.1 Å². The van der Waals surface area contributed by atoms with Crippen molar-refractivity contribution in [3.8, 4) is 0 Å². The lowest BCUT2D eigenvalue weighted by molar-refractivity contribution is 0.274. The number of anilines is 1. The lowest BCUT2D eigenvalue weighted by Gasteiger charge is -2.26. The molecule has 2 unspecified atom stereocenters. The quantitative estimate of drug-likeness (QED) is 0.851. The molecule has 3 heteroatoms. The highest BCUT2D eigenvalue weighted by Gasteiger charge is 2.18. The molecule has 1 fully saturated rings. The first-order valence-corrected chi connectivity index (χ1v) is 7.43. The zero-order valence-electron chi connectivity index (χ0n) is 12.0. The van der Waals surface area contributed by atoms with Gasteiger partial charge < -0.3 is 9.88 Å². The molecule has 1 aliphatic rings. The van der Waals surface area contributed by atoms with Gasteiger partial charge in [0, 0.05) is 25.0 Å². The fourth-order valence-electron chi connectivity index (χ4n) is 3.08. The molecule has 0 bridgehead atoms. The molecule has 1 aromatic rings. The van der Waals surface area contributed by atoms with Crippen LogP contribution in [0, 0.1) is 11.8 Å². The molecule has 0 amide bonds. The molecule has 1 heterocycles. The SMILES string of the molecule is CC1CCCC(CCNc2nccn2C(C)C)C1. The van der Waals surface area contributed by atoms with Crippen LogP contribution < -0.4 is 5.32 Å². The van der Waals surface area contributed by atoms with Gasteiger partial charge in [0.2, 0.25) is 5.95 Å². The second-order valence-corrected chi connectivity index (χ2v) is 6.11. The predicted molar refractivity (Wildman–Crippen MR) is 76.8 cm³/mol. The van der Waals surface area contributed by atoms with E-state index in [0.29, 0.717) is 6.04 Å². The second-order valence-electron chi connectivity index (χ2n) is 6.11. The lowest BCUT2D eigenvalue weighted by Crippen LogP contribution is -2.18. The van der Waals surface area contributed by atoms with Gasteiger partial charge in [-0.15, -0.1) is 0 Å². The van der Waals surface area contributed by atoms with Gasteiger partial charge in [-0.2, -0.15) is 0 Å². The molecule has 1 aliphatic carbocycles. The van der Waals surface area contributed by atoms with Crippen LogP contribution in [0.1, 0.15) is 58.9 Å². The third-order valence-electron chi connectivity index (χ3n) is 4.11. The van der Waals surface area contributed by atoms with Crippen molar-refractivity contribution in [2.75, 3.05) is 11.9 Å².